The number of alkyl halides is 1. The molecule has 1 aromatic carbocycles. The van der Waals surface area contributed by atoms with Gasteiger partial charge >= 0.3 is 0 Å². The van der Waals surface area contributed by atoms with Crippen LogP contribution in [0.1, 0.15) is 18.9 Å². The highest BCUT2D eigenvalue weighted by atomic mass is 19.1. The zero-order valence-corrected chi connectivity index (χ0v) is 10.9. The molecule has 2 rings (SSSR count). The summed E-state index contributed by atoms with van der Waals surface area (Å²) in [5.41, 5.74) is -0.735. The highest BCUT2D eigenvalue weighted by Gasteiger charge is 2.31. The lowest BCUT2D eigenvalue weighted by atomic mass is 9.90. The normalized spacial score (nSPS) is 23.4. The summed E-state index contributed by atoms with van der Waals surface area (Å²) in [6.45, 7) is 3.68. The van der Waals surface area contributed by atoms with E-state index in [2.05, 4.69) is 5.32 Å². The van der Waals surface area contributed by atoms with E-state index in [9.17, 15) is 4.39 Å². The zero-order chi connectivity index (χ0) is 13.0. The van der Waals surface area contributed by atoms with E-state index in [-0.39, 0.29) is 6.04 Å². The van der Waals surface area contributed by atoms with Gasteiger partial charge in [-0.2, -0.15) is 0 Å². The minimum Gasteiger partial charge on any atom is -0.497 e. The molecular weight excluding hydrogens is 233 g/mol. The molecule has 0 aliphatic carbocycles. The molecule has 1 aliphatic rings. The van der Waals surface area contributed by atoms with Crippen molar-refractivity contribution in [3.05, 3.63) is 29.8 Å². The van der Waals surface area contributed by atoms with Crippen LogP contribution in [-0.2, 0) is 10.4 Å². The Balaban J connectivity index is 2.08. The number of ether oxygens (including phenoxy) is 2. The summed E-state index contributed by atoms with van der Waals surface area (Å²) < 4.78 is 25.3. The van der Waals surface area contributed by atoms with Crippen molar-refractivity contribution in [2.75, 3.05) is 26.9 Å². The van der Waals surface area contributed by atoms with E-state index in [1.54, 1.807) is 26.2 Å². The van der Waals surface area contributed by atoms with Crippen LogP contribution in [0.5, 0.6) is 5.75 Å². The first kappa shape index (κ1) is 13.3. The number of halogens is 1. The Kier molecular flexibility index (Phi) is 4.19. The van der Waals surface area contributed by atoms with Crippen LogP contribution in [0.2, 0.25) is 0 Å². The molecule has 2 unspecified atom stereocenters. The zero-order valence-electron chi connectivity index (χ0n) is 10.9. The van der Waals surface area contributed by atoms with E-state index in [4.69, 9.17) is 9.47 Å². The van der Waals surface area contributed by atoms with Gasteiger partial charge in [-0.15, -0.1) is 0 Å². The summed E-state index contributed by atoms with van der Waals surface area (Å²) in [4.78, 5) is 0. The summed E-state index contributed by atoms with van der Waals surface area (Å²) in [6, 6.07) is 7.26. The number of nitrogens with one attached hydrogen (secondary N) is 1. The van der Waals surface area contributed by atoms with Gasteiger partial charge in [0.25, 0.3) is 0 Å². The molecule has 1 aromatic rings. The molecule has 0 amide bonds. The maximum Gasteiger partial charge on any atom is 0.134 e. The topological polar surface area (TPSA) is 30.5 Å². The summed E-state index contributed by atoms with van der Waals surface area (Å²) in [5.74, 6) is 0.684. The van der Waals surface area contributed by atoms with Crippen LogP contribution >= 0.6 is 0 Å². The van der Waals surface area contributed by atoms with E-state index in [0.717, 1.165) is 6.54 Å². The van der Waals surface area contributed by atoms with Crippen molar-refractivity contribution in [3.8, 4) is 5.75 Å². The molecule has 1 aliphatic heterocycles. The van der Waals surface area contributed by atoms with Gasteiger partial charge in [0.2, 0.25) is 0 Å². The van der Waals surface area contributed by atoms with Gasteiger partial charge in [0.15, 0.2) is 0 Å². The third-order valence-electron chi connectivity index (χ3n) is 3.30. The predicted octanol–water partition coefficient (Wildman–Crippen LogP) is 2.26. The van der Waals surface area contributed by atoms with Crippen molar-refractivity contribution in [2.24, 2.45) is 0 Å². The molecular formula is C14H20FNO2. The Bertz CT molecular complexity index is 389. The lowest BCUT2D eigenvalue weighted by molar-refractivity contribution is 0.0474. The molecule has 0 bridgehead atoms. The van der Waals surface area contributed by atoms with Gasteiger partial charge in [0.05, 0.1) is 20.3 Å². The van der Waals surface area contributed by atoms with Gasteiger partial charge in [0.1, 0.15) is 11.4 Å². The molecule has 4 heteroatoms. The van der Waals surface area contributed by atoms with E-state index in [0.29, 0.717) is 30.9 Å². The smallest absolute Gasteiger partial charge is 0.134 e. The monoisotopic (exact) mass is 253 g/mol. The molecule has 3 nitrogen and oxygen atoms in total. The van der Waals surface area contributed by atoms with Crippen molar-refractivity contribution < 1.29 is 13.9 Å². The molecule has 0 saturated carbocycles. The van der Waals surface area contributed by atoms with Gasteiger partial charge in [-0.05, 0) is 24.6 Å². The molecule has 18 heavy (non-hydrogen) atoms. The maximum absolute atomic E-state index is 14.8. The molecule has 0 aromatic heterocycles. The van der Waals surface area contributed by atoms with Gasteiger partial charge in [-0.3, -0.25) is 0 Å². The van der Waals surface area contributed by atoms with Crippen molar-refractivity contribution in [2.45, 2.75) is 25.1 Å². The van der Waals surface area contributed by atoms with Crippen molar-refractivity contribution in [3.63, 3.8) is 0 Å². The molecule has 0 spiro atoms. The summed E-state index contributed by atoms with van der Waals surface area (Å²) in [5, 5.41) is 3.28. The van der Waals surface area contributed by atoms with E-state index in [1.165, 1.54) is 0 Å². The Labute approximate surface area is 107 Å². The van der Waals surface area contributed by atoms with Gasteiger partial charge in [0, 0.05) is 19.0 Å². The molecule has 2 atom stereocenters. The first-order valence-corrected chi connectivity index (χ1v) is 6.26. The van der Waals surface area contributed by atoms with Crippen molar-refractivity contribution in [1.82, 2.24) is 5.32 Å². The number of methoxy groups -OCH3 is 1. The van der Waals surface area contributed by atoms with Crippen LogP contribution in [0.3, 0.4) is 0 Å². The third kappa shape index (κ3) is 3.21. The Morgan fingerprint density at radius 1 is 1.56 bits per heavy atom. The SMILES string of the molecule is COc1cccc(C(C)(F)CC2COCCN2)c1. The fourth-order valence-corrected chi connectivity index (χ4v) is 2.28. The van der Waals surface area contributed by atoms with Crippen LogP contribution in [0.25, 0.3) is 0 Å². The van der Waals surface area contributed by atoms with Crippen LogP contribution in [-0.4, -0.2) is 32.9 Å². The van der Waals surface area contributed by atoms with Gasteiger partial charge in [-0.25, -0.2) is 4.39 Å². The summed E-state index contributed by atoms with van der Waals surface area (Å²) >= 11 is 0. The molecule has 100 valence electrons. The first-order valence-electron chi connectivity index (χ1n) is 6.26. The minimum absolute atomic E-state index is 0.0694. The second-order valence-electron chi connectivity index (χ2n) is 4.86. The van der Waals surface area contributed by atoms with Gasteiger partial charge < -0.3 is 14.8 Å². The molecule has 1 fully saturated rings. The van der Waals surface area contributed by atoms with Crippen LogP contribution in [0.15, 0.2) is 24.3 Å². The maximum atomic E-state index is 14.8. The Hall–Kier alpha value is -1.13. The predicted molar refractivity (Wildman–Crippen MR) is 68.7 cm³/mol. The standard InChI is InChI=1S/C14H20FNO2/c1-14(15,9-12-10-18-7-6-16-12)11-4-3-5-13(8-11)17-2/h3-5,8,12,16H,6-7,9-10H2,1-2H3. The molecule has 1 heterocycles. The van der Waals surface area contributed by atoms with Crippen molar-refractivity contribution >= 4 is 0 Å². The second-order valence-corrected chi connectivity index (χ2v) is 4.86. The number of rotatable bonds is 4. The van der Waals surface area contributed by atoms with E-state index < -0.39 is 5.67 Å². The highest BCUT2D eigenvalue weighted by Crippen LogP contribution is 2.32. The average molecular weight is 253 g/mol. The lowest BCUT2D eigenvalue weighted by Gasteiger charge is -2.30. The lowest BCUT2D eigenvalue weighted by Crippen LogP contribution is -2.44. The Morgan fingerprint density at radius 2 is 2.39 bits per heavy atom. The van der Waals surface area contributed by atoms with Crippen LogP contribution in [0, 0.1) is 0 Å². The largest absolute Gasteiger partial charge is 0.497 e. The molecule has 1 N–H and O–H groups in total. The highest BCUT2D eigenvalue weighted by molar-refractivity contribution is 5.32. The first-order chi connectivity index (χ1) is 8.62. The number of benzene rings is 1. The molecule has 1 saturated heterocycles. The average Bonchev–Trinajstić information content (AvgIpc) is 2.39. The third-order valence-corrected chi connectivity index (χ3v) is 3.30. The number of morpholine rings is 1. The Morgan fingerprint density at radius 3 is 3.06 bits per heavy atom. The van der Waals surface area contributed by atoms with Crippen LogP contribution in [0.4, 0.5) is 4.39 Å². The quantitative estimate of drug-likeness (QED) is 0.893. The fraction of sp³-hybridized carbons (Fsp3) is 0.571. The summed E-state index contributed by atoms with van der Waals surface area (Å²) in [7, 11) is 1.59. The van der Waals surface area contributed by atoms with Gasteiger partial charge in [-0.1, -0.05) is 12.1 Å². The van der Waals surface area contributed by atoms with E-state index in [1.807, 2.05) is 12.1 Å². The second kappa shape index (κ2) is 5.67. The minimum atomic E-state index is -1.38. The fourth-order valence-electron chi connectivity index (χ4n) is 2.28. The van der Waals surface area contributed by atoms with E-state index >= 15 is 0 Å². The number of hydrogen-bond acceptors (Lipinski definition) is 3. The number of hydrogen-bond donors (Lipinski definition) is 1. The summed E-state index contributed by atoms with van der Waals surface area (Å²) in [6.07, 6.45) is 0.403. The van der Waals surface area contributed by atoms with Crippen LogP contribution < -0.4 is 10.1 Å². The van der Waals surface area contributed by atoms with Crippen molar-refractivity contribution in [1.29, 1.82) is 0 Å². The molecule has 0 radical (unpaired) electrons.